The third kappa shape index (κ3) is 3.86. The highest BCUT2D eigenvalue weighted by atomic mass is 16.5. The number of piperidine rings is 1. The first-order valence-electron chi connectivity index (χ1n) is 8.05. The second-order valence-electron chi connectivity index (χ2n) is 6.42. The maximum absolute atomic E-state index is 6.05. The van der Waals surface area contributed by atoms with E-state index < -0.39 is 0 Å². The lowest BCUT2D eigenvalue weighted by atomic mass is 9.76. The molecule has 2 aromatic rings. The highest BCUT2D eigenvalue weighted by Crippen LogP contribution is 2.31. The summed E-state index contributed by atoms with van der Waals surface area (Å²) < 4.78 is 6.05. The van der Waals surface area contributed by atoms with Crippen LogP contribution in [0.1, 0.15) is 24.0 Å². The molecule has 1 aliphatic rings. The molecule has 0 radical (unpaired) electrons. The second kappa shape index (κ2) is 6.93. The van der Waals surface area contributed by atoms with Crippen LogP contribution >= 0.6 is 0 Å². The molecule has 1 saturated heterocycles. The van der Waals surface area contributed by atoms with Crippen molar-refractivity contribution < 1.29 is 4.74 Å². The Bertz CT molecular complexity index is 591. The lowest BCUT2D eigenvalue weighted by Crippen LogP contribution is -2.45. The molecular formula is C19H24N2O. The van der Waals surface area contributed by atoms with Gasteiger partial charge < -0.3 is 10.1 Å². The highest BCUT2D eigenvalue weighted by Gasteiger charge is 2.33. The van der Waals surface area contributed by atoms with Gasteiger partial charge in [-0.1, -0.05) is 29.8 Å². The minimum Gasteiger partial charge on any atom is -0.491 e. The Labute approximate surface area is 132 Å². The summed E-state index contributed by atoms with van der Waals surface area (Å²) in [5.41, 5.74) is 2.89. The van der Waals surface area contributed by atoms with E-state index in [2.05, 4.69) is 41.5 Å². The monoisotopic (exact) mass is 296 g/mol. The fourth-order valence-corrected chi connectivity index (χ4v) is 3.28. The molecule has 3 rings (SSSR count). The van der Waals surface area contributed by atoms with Gasteiger partial charge in [0, 0.05) is 18.2 Å². The van der Waals surface area contributed by atoms with E-state index in [1.807, 2.05) is 12.1 Å². The van der Waals surface area contributed by atoms with Crippen LogP contribution in [0.4, 0.5) is 0 Å². The number of hydrogen-bond acceptors (Lipinski definition) is 3. The SMILES string of the molecule is Cc1cccc(CC2(COc3cccnc3)CCCNC2)c1. The molecule has 3 heteroatoms. The predicted octanol–water partition coefficient (Wildman–Crippen LogP) is 3.38. The van der Waals surface area contributed by atoms with Crippen LogP contribution in [0.5, 0.6) is 5.75 Å². The molecule has 1 aliphatic heterocycles. The zero-order chi connectivity index (χ0) is 15.3. The number of ether oxygens (including phenoxy) is 1. The van der Waals surface area contributed by atoms with Gasteiger partial charge in [0.15, 0.2) is 0 Å². The van der Waals surface area contributed by atoms with Crippen LogP contribution in [0.25, 0.3) is 0 Å². The summed E-state index contributed by atoms with van der Waals surface area (Å²) in [7, 11) is 0. The summed E-state index contributed by atoms with van der Waals surface area (Å²) in [6, 6.07) is 12.7. The van der Waals surface area contributed by atoms with Crippen molar-refractivity contribution in [2.75, 3.05) is 19.7 Å². The molecule has 1 unspecified atom stereocenters. The summed E-state index contributed by atoms with van der Waals surface area (Å²) in [5, 5.41) is 3.55. The third-order valence-electron chi connectivity index (χ3n) is 4.40. The Kier molecular flexibility index (Phi) is 4.74. The minimum absolute atomic E-state index is 0.169. The number of nitrogens with one attached hydrogen (secondary N) is 1. The van der Waals surface area contributed by atoms with Crippen molar-refractivity contribution in [1.29, 1.82) is 0 Å². The maximum atomic E-state index is 6.05. The van der Waals surface area contributed by atoms with Crippen molar-refractivity contribution in [1.82, 2.24) is 10.3 Å². The van der Waals surface area contributed by atoms with Gasteiger partial charge in [0.1, 0.15) is 5.75 Å². The van der Waals surface area contributed by atoms with E-state index in [0.717, 1.165) is 31.9 Å². The molecular weight excluding hydrogens is 272 g/mol. The molecule has 2 heterocycles. The molecule has 0 aliphatic carbocycles. The van der Waals surface area contributed by atoms with Crippen molar-refractivity contribution >= 4 is 0 Å². The van der Waals surface area contributed by atoms with E-state index in [4.69, 9.17) is 4.74 Å². The largest absolute Gasteiger partial charge is 0.491 e. The standard InChI is InChI=1S/C19H24N2O/c1-16-5-2-6-17(11-16)12-19(8-4-10-21-14-19)15-22-18-7-3-9-20-13-18/h2-3,5-7,9,11,13,21H,4,8,10,12,14-15H2,1H3. The molecule has 1 fully saturated rings. The molecule has 116 valence electrons. The van der Waals surface area contributed by atoms with Gasteiger partial charge in [-0.05, 0) is 50.4 Å². The smallest absolute Gasteiger partial charge is 0.137 e. The van der Waals surface area contributed by atoms with Crippen molar-refractivity contribution in [3.05, 3.63) is 59.9 Å². The Morgan fingerprint density at radius 2 is 2.23 bits per heavy atom. The third-order valence-corrected chi connectivity index (χ3v) is 4.40. The van der Waals surface area contributed by atoms with E-state index in [1.54, 1.807) is 12.4 Å². The summed E-state index contributed by atoms with van der Waals surface area (Å²) in [4.78, 5) is 4.13. The number of rotatable bonds is 5. The van der Waals surface area contributed by atoms with E-state index in [0.29, 0.717) is 0 Å². The van der Waals surface area contributed by atoms with Gasteiger partial charge in [-0.3, -0.25) is 4.98 Å². The van der Waals surface area contributed by atoms with Crippen LogP contribution in [-0.2, 0) is 6.42 Å². The average Bonchev–Trinajstić information content (AvgIpc) is 2.55. The molecule has 0 saturated carbocycles. The van der Waals surface area contributed by atoms with Gasteiger partial charge in [-0.25, -0.2) is 0 Å². The van der Waals surface area contributed by atoms with Gasteiger partial charge >= 0.3 is 0 Å². The highest BCUT2D eigenvalue weighted by molar-refractivity contribution is 5.24. The first-order chi connectivity index (χ1) is 10.8. The number of benzene rings is 1. The van der Waals surface area contributed by atoms with Gasteiger partial charge in [-0.15, -0.1) is 0 Å². The number of nitrogens with zero attached hydrogens (tertiary/aromatic N) is 1. The molecule has 0 spiro atoms. The van der Waals surface area contributed by atoms with E-state index in [1.165, 1.54) is 24.0 Å². The fraction of sp³-hybridized carbons (Fsp3) is 0.421. The van der Waals surface area contributed by atoms with Crippen LogP contribution in [0.15, 0.2) is 48.8 Å². The Hall–Kier alpha value is -1.87. The fourth-order valence-electron chi connectivity index (χ4n) is 3.28. The predicted molar refractivity (Wildman–Crippen MR) is 89.2 cm³/mol. The molecule has 1 aromatic carbocycles. The van der Waals surface area contributed by atoms with E-state index >= 15 is 0 Å². The van der Waals surface area contributed by atoms with Crippen molar-refractivity contribution in [2.45, 2.75) is 26.2 Å². The maximum Gasteiger partial charge on any atom is 0.137 e. The Morgan fingerprint density at radius 3 is 2.95 bits per heavy atom. The van der Waals surface area contributed by atoms with Crippen molar-refractivity contribution in [3.8, 4) is 5.75 Å². The summed E-state index contributed by atoms with van der Waals surface area (Å²) in [6.45, 7) is 5.02. The summed E-state index contributed by atoms with van der Waals surface area (Å²) in [6.07, 6.45) is 7.03. The van der Waals surface area contributed by atoms with Crippen LogP contribution in [0.3, 0.4) is 0 Å². The molecule has 22 heavy (non-hydrogen) atoms. The number of hydrogen-bond donors (Lipinski definition) is 1. The molecule has 0 amide bonds. The normalized spacial score (nSPS) is 21.5. The van der Waals surface area contributed by atoms with Gasteiger partial charge in [0.05, 0.1) is 12.8 Å². The van der Waals surface area contributed by atoms with E-state index in [-0.39, 0.29) is 5.41 Å². The first-order valence-corrected chi connectivity index (χ1v) is 8.05. The molecule has 1 atom stereocenters. The number of aryl methyl sites for hydroxylation is 1. The molecule has 1 N–H and O–H groups in total. The van der Waals surface area contributed by atoms with Gasteiger partial charge in [-0.2, -0.15) is 0 Å². The first kappa shape index (κ1) is 15.0. The van der Waals surface area contributed by atoms with Gasteiger partial charge in [0.2, 0.25) is 0 Å². The van der Waals surface area contributed by atoms with Crippen molar-refractivity contribution in [2.24, 2.45) is 5.41 Å². The molecule has 0 bridgehead atoms. The molecule has 3 nitrogen and oxygen atoms in total. The van der Waals surface area contributed by atoms with Crippen molar-refractivity contribution in [3.63, 3.8) is 0 Å². The second-order valence-corrected chi connectivity index (χ2v) is 6.42. The van der Waals surface area contributed by atoms with Crippen LogP contribution < -0.4 is 10.1 Å². The lowest BCUT2D eigenvalue weighted by molar-refractivity contribution is 0.110. The summed E-state index contributed by atoms with van der Waals surface area (Å²) in [5.74, 6) is 0.858. The topological polar surface area (TPSA) is 34.1 Å². The van der Waals surface area contributed by atoms with Gasteiger partial charge in [0.25, 0.3) is 0 Å². The number of aromatic nitrogens is 1. The molecule has 1 aromatic heterocycles. The Balaban J connectivity index is 1.73. The van der Waals surface area contributed by atoms with Crippen LogP contribution in [-0.4, -0.2) is 24.7 Å². The zero-order valence-electron chi connectivity index (χ0n) is 13.2. The zero-order valence-corrected chi connectivity index (χ0v) is 13.2. The van der Waals surface area contributed by atoms with Crippen LogP contribution in [0, 0.1) is 12.3 Å². The summed E-state index contributed by atoms with van der Waals surface area (Å²) >= 11 is 0. The lowest BCUT2D eigenvalue weighted by Gasteiger charge is -2.37. The minimum atomic E-state index is 0.169. The van der Waals surface area contributed by atoms with E-state index in [9.17, 15) is 0 Å². The average molecular weight is 296 g/mol. The van der Waals surface area contributed by atoms with Crippen LogP contribution in [0.2, 0.25) is 0 Å². The Morgan fingerprint density at radius 1 is 1.27 bits per heavy atom. The number of pyridine rings is 1. The quantitative estimate of drug-likeness (QED) is 0.918.